The molecule has 0 saturated heterocycles. The first-order valence-corrected chi connectivity index (χ1v) is 8.35. The zero-order chi connectivity index (χ0) is 14.9. The normalized spacial score (nSPS) is 12.0. The van der Waals surface area contributed by atoms with Gasteiger partial charge >= 0.3 is 6.03 Å². The molecule has 0 unspecified atom stereocenters. The second-order valence-corrected chi connectivity index (χ2v) is 6.25. The van der Waals surface area contributed by atoms with E-state index in [4.69, 9.17) is 9.84 Å². The second-order valence-electron chi connectivity index (χ2n) is 4.24. The molecule has 0 bridgehead atoms. The molecular formula is C14H18N2O3S2. The Labute approximate surface area is 131 Å². The minimum atomic E-state index is -0.232. The Kier molecular flexibility index (Phi) is 6.68. The molecule has 0 aliphatic heterocycles. The van der Waals surface area contributed by atoms with Gasteiger partial charge in [0.15, 0.2) is 0 Å². The molecule has 0 fully saturated rings. The fourth-order valence-corrected chi connectivity index (χ4v) is 3.16. The van der Waals surface area contributed by atoms with Crippen LogP contribution in [0, 0.1) is 0 Å². The van der Waals surface area contributed by atoms with Crippen molar-refractivity contribution in [3.05, 3.63) is 44.8 Å². The van der Waals surface area contributed by atoms with Crippen LogP contribution >= 0.6 is 22.7 Å². The standard InChI is InChI=1S/C14H18N2O3S2/c17-5-6-19-12(13-4-2-8-21-13)10-16-14(18)15-9-11-3-1-7-20-11/h1-4,7-8,12,17H,5-6,9-10H2,(H2,15,16,18)/t12-/m0/s1. The van der Waals surface area contributed by atoms with E-state index in [2.05, 4.69) is 10.6 Å². The van der Waals surface area contributed by atoms with Crippen molar-refractivity contribution in [2.45, 2.75) is 12.6 Å². The van der Waals surface area contributed by atoms with Gasteiger partial charge in [0, 0.05) is 9.75 Å². The maximum Gasteiger partial charge on any atom is 0.315 e. The number of ether oxygens (including phenoxy) is 1. The van der Waals surface area contributed by atoms with Crippen molar-refractivity contribution in [2.24, 2.45) is 0 Å². The molecule has 2 aromatic heterocycles. The van der Waals surface area contributed by atoms with E-state index in [0.717, 1.165) is 9.75 Å². The monoisotopic (exact) mass is 326 g/mol. The van der Waals surface area contributed by atoms with Gasteiger partial charge in [-0.2, -0.15) is 0 Å². The largest absolute Gasteiger partial charge is 0.394 e. The maximum atomic E-state index is 11.8. The summed E-state index contributed by atoms with van der Waals surface area (Å²) in [6, 6.07) is 7.60. The highest BCUT2D eigenvalue weighted by atomic mass is 32.1. The van der Waals surface area contributed by atoms with Gasteiger partial charge in [0.1, 0.15) is 6.10 Å². The number of nitrogens with one attached hydrogen (secondary N) is 2. The predicted molar refractivity (Wildman–Crippen MR) is 84.7 cm³/mol. The Bertz CT molecular complexity index is 514. The Morgan fingerprint density at radius 1 is 1.24 bits per heavy atom. The molecule has 0 saturated carbocycles. The van der Waals surface area contributed by atoms with Crippen molar-refractivity contribution < 1.29 is 14.6 Å². The maximum absolute atomic E-state index is 11.8. The Morgan fingerprint density at radius 3 is 2.71 bits per heavy atom. The SMILES string of the molecule is O=C(NCc1cccs1)NC[C@H](OCCO)c1cccs1. The molecule has 5 nitrogen and oxygen atoms in total. The Hall–Kier alpha value is -1.41. The lowest BCUT2D eigenvalue weighted by molar-refractivity contribution is 0.0314. The summed E-state index contributed by atoms with van der Waals surface area (Å²) in [7, 11) is 0. The highest BCUT2D eigenvalue weighted by Crippen LogP contribution is 2.21. The first kappa shape index (κ1) is 16.0. The van der Waals surface area contributed by atoms with Crippen LogP contribution in [0.1, 0.15) is 15.9 Å². The van der Waals surface area contributed by atoms with Crippen molar-refractivity contribution in [3.8, 4) is 0 Å². The molecule has 0 aromatic carbocycles. The van der Waals surface area contributed by atoms with E-state index in [1.54, 1.807) is 22.7 Å². The summed E-state index contributed by atoms with van der Waals surface area (Å²) >= 11 is 3.17. The van der Waals surface area contributed by atoms with Crippen molar-refractivity contribution in [3.63, 3.8) is 0 Å². The van der Waals surface area contributed by atoms with Crippen LogP contribution in [0.3, 0.4) is 0 Å². The molecule has 2 amide bonds. The van der Waals surface area contributed by atoms with Crippen LogP contribution in [0.2, 0.25) is 0 Å². The number of aliphatic hydroxyl groups excluding tert-OH is 1. The molecule has 2 aromatic rings. The van der Waals surface area contributed by atoms with Crippen molar-refractivity contribution in [1.82, 2.24) is 10.6 Å². The van der Waals surface area contributed by atoms with Crippen LogP contribution in [0.15, 0.2) is 35.0 Å². The van der Waals surface area contributed by atoms with Gasteiger partial charge in [-0.3, -0.25) is 0 Å². The Balaban J connectivity index is 1.76. The number of aliphatic hydroxyl groups is 1. The van der Waals surface area contributed by atoms with Gasteiger partial charge in [0.05, 0.1) is 26.3 Å². The number of hydrogen-bond acceptors (Lipinski definition) is 5. The molecule has 0 spiro atoms. The van der Waals surface area contributed by atoms with E-state index in [-0.39, 0.29) is 25.3 Å². The third-order valence-electron chi connectivity index (χ3n) is 2.72. The number of carbonyl (C=O) groups excluding carboxylic acids is 1. The van der Waals surface area contributed by atoms with Gasteiger partial charge in [-0.15, -0.1) is 22.7 Å². The van der Waals surface area contributed by atoms with Gasteiger partial charge in [-0.25, -0.2) is 4.79 Å². The summed E-state index contributed by atoms with van der Waals surface area (Å²) in [6.45, 7) is 1.11. The third-order valence-corrected chi connectivity index (χ3v) is 4.56. The summed E-state index contributed by atoms with van der Waals surface area (Å²) in [5.41, 5.74) is 0. The van der Waals surface area contributed by atoms with Crippen molar-refractivity contribution in [2.75, 3.05) is 19.8 Å². The fourth-order valence-electron chi connectivity index (χ4n) is 1.74. The van der Waals surface area contributed by atoms with E-state index >= 15 is 0 Å². The lowest BCUT2D eigenvalue weighted by atomic mass is 10.3. The molecule has 1 atom stereocenters. The smallest absolute Gasteiger partial charge is 0.315 e. The molecule has 2 heterocycles. The molecule has 7 heteroatoms. The molecule has 0 aliphatic rings. The molecular weight excluding hydrogens is 308 g/mol. The van der Waals surface area contributed by atoms with Crippen LogP contribution in [-0.2, 0) is 11.3 Å². The predicted octanol–water partition coefficient (Wildman–Crippen LogP) is 2.36. The summed E-state index contributed by atoms with van der Waals surface area (Å²) < 4.78 is 5.56. The summed E-state index contributed by atoms with van der Waals surface area (Å²) in [6.07, 6.45) is -0.232. The first-order valence-electron chi connectivity index (χ1n) is 6.59. The summed E-state index contributed by atoms with van der Waals surface area (Å²) in [4.78, 5) is 13.9. The van der Waals surface area contributed by atoms with Gasteiger partial charge < -0.3 is 20.5 Å². The van der Waals surface area contributed by atoms with E-state index < -0.39 is 0 Å². The van der Waals surface area contributed by atoms with Gasteiger partial charge in [0.25, 0.3) is 0 Å². The van der Waals surface area contributed by atoms with Crippen molar-refractivity contribution >= 4 is 28.7 Å². The van der Waals surface area contributed by atoms with E-state index in [0.29, 0.717) is 13.1 Å². The van der Waals surface area contributed by atoms with Crippen LogP contribution < -0.4 is 10.6 Å². The van der Waals surface area contributed by atoms with Gasteiger partial charge in [-0.1, -0.05) is 12.1 Å². The first-order chi connectivity index (χ1) is 10.3. The van der Waals surface area contributed by atoms with E-state index in [9.17, 15) is 4.79 Å². The zero-order valence-corrected chi connectivity index (χ0v) is 13.1. The van der Waals surface area contributed by atoms with Crippen molar-refractivity contribution in [1.29, 1.82) is 0 Å². The molecule has 2 rings (SSSR count). The second kappa shape index (κ2) is 8.78. The number of carbonyl (C=O) groups is 1. The van der Waals surface area contributed by atoms with Gasteiger partial charge in [0.2, 0.25) is 0 Å². The molecule has 0 radical (unpaired) electrons. The van der Waals surface area contributed by atoms with Crippen LogP contribution in [0.25, 0.3) is 0 Å². The minimum Gasteiger partial charge on any atom is -0.394 e. The average molecular weight is 326 g/mol. The van der Waals surface area contributed by atoms with Crippen LogP contribution in [-0.4, -0.2) is 30.9 Å². The molecule has 0 aliphatic carbocycles. The quantitative estimate of drug-likeness (QED) is 0.697. The van der Waals surface area contributed by atoms with Crippen LogP contribution in [0.4, 0.5) is 4.79 Å². The number of urea groups is 1. The zero-order valence-electron chi connectivity index (χ0n) is 11.5. The fraction of sp³-hybridized carbons (Fsp3) is 0.357. The Morgan fingerprint density at radius 2 is 2.05 bits per heavy atom. The van der Waals surface area contributed by atoms with Crippen LogP contribution in [0.5, 0.6) is 0 Å². The molecule has 114 valence electrons. The average Bonchev–Trinajstić information content (AvgIpc) is 3.18. The highest BCUT2D eigenvalue weighted by Gasteiger charge is 2.14. The summed E-state index contributed by atoms with van der Waals surface area (Å²) in [5.74, 6) is 0. The van der Waals surface area contributed by atoms with E-state index in [1.807, 2.05) is 35.0 Å². The minimum absolute atomic E-state index is 0.0353. The summed E-state index contributed by atoms with van der Waals surface area (Å²) in [5, 5.41) is 18.4. The number of rotatable bonds is 8. The molecule has 21 heavy (non-hydrogen) atoms. The number of amides is 2. The highest BCUT2D eigenvalue weighted by molar-refractivity contribution is 7.10. The number of hydrogen-bond donors (Lipinski definition) is 3. The topological polar surface area (TPSA) is 70.6 Å². The van der Waals surface area contributed by atoms with E-state index in [1.165, 1.54) is 0 Å². The van der Waals surface area contributed by atoms with Gasteiger partial charge in [-0.05, 0) is 22.9 Å². The third kappa shape index (κ3) is 5.47. The lowest BCUT2D eigenvalue weighted by Gasteiger charge is -2.17. The molecule has 3 N–H and O–H groups in total. The number of thiophene rings is 2. The lowest BCUT2D eigenvalue weighted by Crippen LogP contribution is -2.37.